The van der Waals surface area contributed by atoms with Crippen LogP contribution in [0.4, 0.5) is 11.4 Å². The standard InChI is InChI=1S/C13H13NO2/c1-9-2-4-10(5-3-9)14-12-8-11(15)6-7-13(12)16/h2-8,14-16H,1H3. The lowest BCUT2D eigenvalue weighted by Gasteiger charge is -2.08. The van der Waals surface area contributed by atoms with E-state index in [1.165, 1.54) is 23.8 Å². The fraction of sp³-hybridized carbons (Fsp3) is 0.0769. The Hall–Kier alpha value is -2.16. The Balaban J connectivity index is 2.26. The number of hydrogen-bond donors (Lipinski definition) is 3. The van der Waals surface area contributed by atoms with Crippen LogP contribution in [-0.2, 0) is 0 Å². The summed E-state index contributed by atoms with van der Waals surface area (Å²) in [5.74, 6) is 0.228. The molecule has 16 heavy (non-hydrogen) atoms. The predicted molar refractivity (Wildman–Crippen MR) is 64.2 cm³/mol. The summed E-state index contributed by atoms with van der Waals surface area (Å²) < 4.78 is 0. The van der Waals surface area contributed by atoms with Gasteiger partial charge in [-0.05, 0) is 31.2 Å². The van der Waals surface area contributed by atoms with Crippen molar-refractivity contribution in [2.45, 2.75) is 6.92 Å². The number of phenolic OH excluding ortho intramolecular Hbond substituents is 2. The van der Waals surface area contributed by atoms with Crippen LogP contribution in [0.25, 0.3) is 0 Å². The second kappa shape index (κ2) is 4.14. The molecule has 0 radical (unpaired) electrons. The molecule has 0 atom stereocenters. The molecule has 0 spiro atoms. The molecule has 0 aromatic heterocycles. The fourth-order valence-electron chi connectivity index (χ4n) is 1.42. The predicted octanol–water partition coefficient (Wildman–Crippen LogP) is 3.15. The minimum atomic E-state index is 0.110. The monoisotopic (exact) mass is 215 g/mol. The lowest BCUT2D eigenvalue weighted by molar-refractivity contribution is 0.462. The van der Waals surface area contributed by atoms with Gasteiger partial charge in [-0.1, -0.05) is 17.7 Å². The molecule has 0 aliphatic carbocycles. The molecule has 3 heteroatoms. The maximum atomic E-state index is 9.58. The average molecular weight is 215 g/mol. The summed E-state index contributed by atoms with van der Waals surface area (Å²) in [5, 5.41) is 21.9. The first-order chi connectivity index (χ1) is 7.65. The molecule has 0 aliphatic rings. The number of benzene rings is 2. The molecule has 82 valence electrons. The van der Waals surface area contributed by atoms with Gasteiger partial charge in [-0.2, -0.15) is 0 Å². The Morgan fingerprint density at radius 3 is 2.31 bits per heavy atom. The Morgan fingerprint density at radius 2 is 1.62 bits per heavy atom. The second-order valence-corrected chi connectivity index (χ2v) is 3.69. The smallest absolute Gasteiger partial charge is 0.139 e. The lowest BCUT2D eigenvalue weighted by Crippen LogP contribution is -1.90. The van der Waals surface area contributed by atoms with Crippen molar-refractivity contribution >= 4 is 11.4 Å². The molecule has 0 fully saturated rings. The Bertz CT molecular complexity index is 492. The molecule has 2 aromatic carbocycles. The van der Waals surface area contributed by atoms with Gasteiger partial charge in [0.25, 0.3) is 0 Å². The zero-order valence-corrected chi connectivity index (χ0v) is 8.94. The quantitative estimate of drug-likeness (QED) is 0.532. The lowest BCUT2D eigenvalue weighted by atomic mass is 10.2. The van der Waals surface area contributed by atoms with Crippen LogP contribution in [0.5, 0.6) is 11.5 Å². The van der Waals surface area contributed by atoms with E-state index in [4.69, 9.17) is 0 Å². The molecular weight excluding hydrogens is 202 g/mol. The van der Waals surface area contributed by atoms with Gasteiger partial charge < -0.3 is 15.5 Å². The van der Waals surface area contributed by atoms with Gasteiger partial charge in [0.05, 0.1) is 5.69 Å². The molecule has 0 amide bonds. The van der Waals surface area contributed by atoms with Gasteiger partial charge in [-0.15, -0.1) is 0 Å². The number of rotatable bonds is 2. The molecule has 2 rings (SSSR count). The Kier molecular flexibility index (Phi) is 2.68. The minimum Gasteiger partial charge on any atom is -0.508 e. The van der Waals surface area contributed by atoms with E-state index in [1.54, 1.807) is 0 Å². The van der Waals surface area contributed by atoms with E-state index in [0.29, 0.717) is 5.69 Å². The van der Waals surface area contributed by atoms with Crippen molar-refractivity contribution in [3.05, 3.63) is 48.0 Å². The van der Waals surface area contributed by atoms with Gasteiger partial charge in [-0.3, -0.25) is 0 Å². The third-order valence-electron chi connectivity index (χ3n) is 2.31. The largest absolute Gasteiger partial charge is 0.508 e. The van der Waals surface area contributed by atoms with Gasteiger partial charge in [0, 0.05) is 11.8 Å². The summed E-state index contributed by atoms with van der Waals surface area (Å²) in [6, 6.07) is 12.2. The van der Waals surface area contributed by atoms with E-state index < -0.39 is 0 Å². The molecule has 0 bridgehead atoms. The molecule has 0 saturated carbocycles. The van der Waals surface area contributed by atoms with E-state index in [-0.39, 0.29) is 11.5 Å². The van der Waals surface area contributed by atoms with Crippen LogP contribution in [0, 0.1) is 6.92 Å². The van der Waals surface area contributed by atoms with E-state index in [2.05, 4.69) is 5.32 Å². The average Bonchev–Trinajstić information content (AvgIpc) is 2.27. The normalized spacial score (nSPS) is 10.1. The van der Waals surface area contributed by atoms with Crippen LogP contribution in [0.1, 0.15) is 5.56 Å². The minimum absolute atomic E-state index is 0.110. The number of aromatic hydroxyl groups is 2. The molecule has 3 N–H and O–H groups in total. The Morgan fingerprint density at radius 1 is 0.938 bits per heavy atom. The molecule has 0 saturated heterocycles. The zero-order valence-electron chi connectivity index (χ0n) is 8.94. The van der Waals surface area contributed by atoms with E-state index in [1.807, 2.05) is 31.2 Å². The van der Waals surface area contributed by atoms with Crippen molar-refractivity contribution in [2.24, 2.45) is 0 Å². The molecule has 0 heterocycles. The van der Waals surface area contributed by atoms with Crippen molar-refractivity contribution in [1.29, 1.82) is 0 Å². The van der Waals surface area contributed by atoms with Crippen LogP contribution in [-0.4, -0.2) is 10.2 Å². The third kappa shape index (κ3) is 2.25. The number of hydrogen-bond acceptors (Lipinski definition) is 3. The van der Waals surface area contributed by atoms with Gasteiger partial charge in [0.2, 0.25) is 0 Å². The molecule has 0 aliphatic heterocycles. The topological polar surface area (TPSA) is 52.5 Å². The van der Waals surface area contributed by atoms with E-state index >= 15 is 0 Å². The number of aryl methyl sites for hydroxylation is 1. The first-order valence-electron chi connectivity index (χ1n) is 5.01. The van der Waals surface area contributed by atoms with Gasteiger partial charge in [-0.25, -0.2) is 0 Å². The summed E-state index contributed by atoms with van der Waals surface area (Å²) >= 11 is 0. The summed E-state index contributed by atoms with van der Waals surface area (Å²) in [5.41, 5.74) is 2.53. The van der Waals surface area contributed by atoms with E-state index in [0.717, 1.165) is 5.69 Å². The van der Waals surface area contributed by atoms with Crippen molar-refractivity contribution < 1.29 is 10.2 Å². The molecule has 3 nitrogen and oxygen atoms in total. The number of anilines is 2. The second-order valence-electron chi connectivity index (χ2n) is 3.69. The molecular formula is C13H13NO2. The van der Waals surface area contributed by atoms with Gasteiger partial charge in [0.15, 0.2) is 0 Å². The highest BCUT2D eigenvalue weighted by Crippen LogP contribution is 2.29. The summed E-state index contributed by atoms with van der Waals surface area (Å²) in [6.45, 7) is 2.01. The zero-order chi connectivity index (χ0) is 11.5. The number of phenols is 2. The highest BCUT2D eigenvalue weighted by atomic mass is 16.3. The first-order valence-corrected chi connectivity index (χ1v) is 5.01. The maximum Gasteiger partial charge on any atom is 0.139 e. The van der Waals surface area contributed by atoms with Gasteiger partial charge >= 0.3 is 0 Å². The fourth-order valence-corrected chi connectivity index (χ4v) is 1.42. The number of nitrogens with one attached hydrogen (secondary N) is 1. The highest BCUT2D eigenvalue weighted by Gasteiger charge is 2.02. The van der Waals surface area contributed by atoms with Crippen LogP contribution in [0.15, 0.2) is 42.5 Å². The third-order valence-corrected chi connectivity index (χ3v) is 2.31. The molecule has 0 unspecified atom stereocenters. The Labute approximate surface area is 94.0 Å². The van der Waals surface area contributed by atoms with Gasteiger partial charge in [0.1, 0.15) is 11.5 Å². The maximum absolute atomic E-state index is 9.58. The van der Waals surface area contributed by atoms with Crippen molar-refractivity contribution in [3.63, 3.8) is 0 Å². The van der Waals surface area contributed by atoms with Crippen LogP contribution >= 0.6 is 0 Å². The summed E-state index contributed by atoms with van der Waals surface area (Å²) in [6.07, 6.45) is 0. The van der Waals surface area contributed by atoms with Crippen LogP contribution in [0.3, 0.4) is 0 Å². The highest BCUT2D eigenvalue weighted by molar-refractivity contribution is 5.67. The molecule has 2 aromatic rings. The summed E-state index contributed by atoms with van der Waals surface area (Å²) in [7, 11) is 0. The van der Waals surface area contributed by atoms with Crippen molar-refractivity contribution in [2.75, 3.05) is 5.32 Å². The van der Waals surface area contributed by atoms with Crippen molar-refractivity contribution in [1.82, 2.24) is 0 Å². The SMILES string of the molecule is Cc1ccc(Nc2cc(O)ccc2O)cc1. The van der Waals surface area contributed by atoms with Crippen molar-refractivity contribution in [3.8, 4) is 11.5 Å². The first kappa shape index (κ1) is 10.4. The summed E-state index contributed by atoms with van der Waals surface area (Å²) in [4.78, 5) is 0. The van der Waals surface area contributed by atoms with E-state index in [9.17, 15) is 10.2 Å². The van der Waals surface area contributed by atoms with Crippen LogP contribution < -0.4 is 5.32 Å². The van der Waals surface area contributed by atoms with Crippen LogP contribution in [0.2, 0.25) is 0 Å².